The van der Waals surface area contributed by atoms with Crippen molar-refractivity contribution in [2.24, 2.45) is 0 Å². The van der Waals surface area contributed by atoms with Crippen molar-refractivity contribution < 1.29 is 8.63 Å². The van der Waals surface area contributed by atoms with Crippen LogP contribution in [-0.4, -0.2) is 22.3 Å². The second-order valence-corrected chi connectivity index (χ2v) is 19.3. The number of nitrogens with one attached hydrogen (secondary N) is 1. The maximum Gasteiger partial charge on any atom is 0.192 e. The van der Waals surface area contributed by atoms with Crippen LogP contribution in [0, 0.1) is 0 Å². The molecule has 1 unspecified atom stereocenters. The first kappa shape index (κ1) is 28.0. The third-order valence-corrected chi connectivity index (χ3v) is 13.9. The first-order chi connectivity index (χ1) is 14.6. The van der Waals surface area contributed by atoms with E-state index in [1.165, 1.54) is 11.8 Å². The van der Waals surface area contributed by atoms with Crippen molar-refractivity contribution in [3.05, 3.63) is 51.1 Å². The summed E-state index contributed by atoms with van der Waals surface area (Å²) in [6, 6.07) is 7.78. The van der Waals surface area contributed by atoms with Gasteiger partial charge in [0.05, 0.1) is 27.4 Å². The third-order valence-electron chi connectivity index (χ3n) is 5.53. The molecule has 0 saturated carbocycles. The highest BCUT2D eigenvalue weighted by atomic mass is 79.9. The van der Waals surface area contributed by atoms with Crippen molar-refractivity contribution >= 4 is 58.6 Å². The van der Waals surface area contributed by atoms with Gasteiger partial charge in [0.15, 0.2) is 8.32 Å². The van der Waals surface area contributed by atoms with Crippen LogP contribution in [0.4, 0.5) is 0 Å². The first-order valence-corrected chi connectivity index (χ1v) is 16.6. The zero-order valence-corrected chi connectivity index (χ0v) is 25.1. The minimum atomic E-state index is -1.89. The van der Waals surface area contributed by atoms with E-state index in [4.69, 9.17) is 16.0 Å². The number of benzene rings is 1. The molecule has 0 bridgehead atoms. The number of rotatable bonds is 8. The predicted octanol–water partition coefficient (Wildman–Crippen LogP) is 7.72. The molecular weight excluding hydrogens is 544 g/mol. The van der Waals surface area contributed by atoms with Gasteiger partial charge in [-0.3, -0.25) is 0 Å². The fourth-order valence-electron chi connectivity index (χ4n) is 2.40. The molecule has 2 aromatic rings. The van der Waals surface area contributed by atoms with Crippen LogP contribution < -0.4 is 4.72 Å². The molecule has 0 aliphatic carbocycles. The average molecular weight is 578 g/mol. The van der Waals surface area contributed by atoms with Gasteiger partial charge in [-0.25, -0.2) is 13.9 Å². The van der Waals surface area contributed by atoms with Crippen LogP contribution in [0.1, 0.15) is 52.7 Å². The molecule has 0 fully saturated rings. The van der Waals surface area contributed by atoms with Crippen molar-refractivity contribution in [1.29, 1.82) is 0 Å². The zero-order valence-electron chi connectivity index (χ0n) is 20.1. The Morgan fingerprint density at radius 3 is 2.44 bits per heavy atom. The number of aromatic nitrogens is 1. The predicted molar refractivity (Wildman–Crippen MR) is 144 cm³/mol. The molecular formula is C23H34BrClN2O2S2Si. The highest BCUT2D eigenvalue weighted by molar-refractivity contribution is 9.10. The molecule has 4 nitrogen and oxygen atoms in total. The van der Waals surface area contributed by atoms with Gasteiger partial charge in [-0.1, -0.05) is 66.1 Å². The van der Waals surface area contributed by atoms with Crippen LogP contribution in [0.5, 0.6) is 0 Å². The Morgan fingerprint density at radius 1 is 1.19 bits per heavy atom. The summed E-state index contributed by atoms with van der Waals surface area (Å²) in [5.41, 5.74) is 2.00. The molecule has 0 radical (unpaired) electrons. The summed E-state index contributed by atoms with van der Waals surface area (Å²) in [6.07, 6.45) is 1.79. The number of hydrogen-bond donors (Lipinski definition) is 1. The Hall–Kier alpha value is -0.223. The average Bonchev–Trinajstić information content (AvgIpc) is 2.67. The normalized spacial score (nSPS) is 13.9. The van der Waals surface area contributed by atoms with E-state index in [0.717, 1.165) is 25.5 Å². The summed E-state index contributed by atoms with van der Waals surface area (Å²) in [6.45, 7) is 18.0. The number of halogens is 2. The molecule has 178 valence electrons. The minimum absolute atomic E-state index is 0.137. The summed E-state index contributed by atoms with van der Waals surface area (Å²) >= 11 is 11.8. The van der Waals surface area contributed by atoms with E-state index in [-0.39, 0.29) is 9.79 Å². The lowest BCUT2D eigenvalue weighted by Gasteiger charge is -2.36. The van der Waals surface area contributed by atoms with Gasteiger partial charge in [0.25, 0.3) is 0 Å². The van der Waals surface area contributed by atoms with E-state index in [1.807, 2.05) is 39.0 Å². The van der Waals surface area contributed by atoms with Crippen LogP contribution in [0.25, 0.3) is 0 Å². The number of nitrogens with zero attached hydrogens (tertiary/aromatic N) is 1. The minimum Gasteiger partial charge on any atom is -0.412 e. The second-order valence-electron chi connectivity index (χ2n) is 10.2. The Bertz CT molecular complexity index is 975. The fraction of sp³-hybridized carbons (Fsp3) is 0.522. The maximum absolute atomic E-state index is 12.5. The van der Waals surface area contributed by atoms with Crippen LogP contribution >= 0.6 is 39.3 Å². The van der Waals surface area contributed by atoms with Crippen molar-refractivity contribution in [2.45, 2.75) is 87.5 Å². The second kappa shape index (κ2) is 11.0. The summed E-state index contributed by atoms with van der Waals surface area (Å²) in [5.74, 6) is 0. The van der Waals surface area contributed by atoms with Crippen molar-refractivity contribution in [2.75, 3.05) is 0 Å². The van der Waals surface area contributed by atoms with Crippen LogP contribution in [0.15, 0.2) is 44.9 Å². The van der Waals surface area contributed by atoms with Gasteiger partial charge in [-0.15, -0.1) is 0 Å². The largest absolute Gasteiger partial charge is 0.412 e. The molecule has 9 heteroatoms. The van der Waals surface area contributed by atoms with E-state index in [0.29, 0.717) is 18.2 Å². The van der Waals surface area contributed by atoms with E-state index in [1.54, 1.807) is 6.20 Å². The van der Waals surface area contributed by atoms with Gasteiger partial charge in [-0.2, -0.15) is 0 Å². The smallest absolute Gasteiger partial charge is 0.192 e. The number of hydrogen-bond acceptors (Lipinski definition) is 4. The van der Waals surface area contributed by atoms with Gasteiger partial charge in [0.2, 0.25) is 0 Å². The summed E-state index contributed by atoms with van der Waals surface area (Å²) in [7, 11) is -3.08. The van der Waals surface area contributed by atoms with Crippen molar-refractivity contribution in [3.8, 4) is 0 Å². The van der Waals surface area contributed by atoms with Crippen molar-refractivity contribution in [1.82, 2.24) is 9.71 Å². The summed E-state index contributed by atoms with van der Waals surface area (Å²) < 4.78 is 22.7. The van der Waals surface area contributed by atoms with Gasteiger partial charge in [0, 0.05) is 27.7 Å². The van der Waals surface area contributed by atoms with Gasteiger partial charge < -0.3 is 4.43 Å². The van der Waals surface area contributed by atoms with E-state index in [9.17, 15) is 4.21 Å². The lowest BCUT2D eigenvalue weighted by molar-refractivity contribution is 0.273. The molecule has 0 saturated heterocycles. The first-order valence-electron chi connectivity index (χ1n) is 10.5. The Balaban J connectivity index is 2.32. The lowest BCUT2D eigenvalue weighted by atomic mass is 10.2. The summed E-state index contributed by atoms with van der Waals surface area (Å²) in [5, 5.41) is 1.64. The van der Waals surface area contributed by atoms with Gasteiger partial charge in [0.1, 0.15) is 5.03 Å². The number of pyridine rings is 1. The molecule has 1 atom stereocenters. The van der Waals surface area contributed by atoms with Crippen LogP contribution in [-0.2, 0) is 28.6 Å². The van der Waals surface area contributed by atoms with Gasteiger partial charge in [-0.05, 0) is 62.7 Å². The van der Waals surface area contributed by atoms with E-state index >= 15 is 0 Å². The molecule has 1 aromatic heterocycles. The van der Waals surface area contributed by atoms with E-state index in [2.05, 4.69) is 65.6 Å². The quantitative estimate of drug-likeness (QED) is 0.326. The summed E-state index contributed by atoms with van der Waals surface area (Å²) in [4.78, 5) is 5.52. The Kier molecular flexibility index (Phi) is 9.64. The third kappa shape index (κ3) is 7.39. The lowest BCUT2D eigenvalue weighted by Crippen LogP contribution is -2.40. The zero-order chi connectivity index (χ0) is 24.3. The maximum atomic E-state index is 12.5. The van der Waals surface area contributed by atoms with E-state index < -0.39 is 19.3 Å². The van der Waals surface area contributed by atoms with Crippen molar-refractivity contribution in [3.63, 3.8) is 0 Å². The molecule has 32 heavy (non-hydrogen) atoms. The molecule has 1 N–H and O–H groups in total. The topological polar surface area (TPSA) is 51.2 Å². The van der Waals surface area contributed by atoms with Gasteiger partial charge >= 0.3 is 0 Å². The fourth-order valence-corrected chi connectivity index (χ4v) is 5.99. The molecule has 1 aromatic carbocycles. The SMILES string of the molecule is CC(C)(C)S(=O)NCc1c(Br)ccc(Cl)c1Sc1ncccc1CO[Si](C)(C)C(C)(C)C. The highest BCUT2D eigenvalue weighted by Gasteiger charge is 2.37. The molecule has 1 heterocycles. The molecule has 0 aliphatic rings. The Labute approximate surface area is 214 Å². The standard InChI is InChI=1S/C23H34BrClN2O2S2Si/c1-22(2,3)31(28)27-14-17-18(24)11-12-19(25)20(17)30-21-16(10-9-13-26-21)15-29-32(7,8)23(4,5)6/h9-13,27H,14-15H2,1-8H3. The van der Waals surface area contributed by atoms with Crippen LogP contribution in [0.3, 0.4) is 0 Å². The molecule has 0 aliphatic heterocycles. The van der Waals surface area contributed by atoms with Crippen LogP contribution in [0.2, 0.25) is 23.2 Å². The Morgan fingerprint density at radius 2 is 1.84 bits per heavy atom. The molecule has 0 amide bonds. The molecule has 0 spiro atoms. The monoisotopic (exact) mass is 576 g/mol. The highest BCUT2D eigenvalue weighted by Crippen LogP contribution is 2.41. The molecule has 2 rings (SSSR count).